The predicted octanol–water partition coefficient (Wildman–Crippen LogP) is 5.05. The van der Waals surface area contributed by atoms with E-state index in [4.69, 9.17) is 92.8 Å². The Bertz CT molecular complexity index is 1440. The topological polar surface area (TPSA) is 161 Å². The van der Waals surface area contributed by atoms with Gasteiger partial charge in [-0.3, -0.25) is 0 Å². The van der Waals surface area contributed by atoms with Gasteiger partial charge in [0.2, 0.25) is 0 Å². The Labute approximate surface area is 312 Å². The molecule has 0 aliphatic heterocycles. The van der Waals surface area contributed by atoms with Crippen LogP contribution < -0.4 is 20.4 Å². The maximum absolute atomic E-state index is 10.3. The first-order valence-corrected chi connectivity index (χ1v) is 14.1. The third-order valence-electron chi connectivity index (χ3n) is 4.62. The zero-order valence-electron chi connectivity index (χ0n) is 21.7. The summed E-state index contributed by atoms with van der Waals surface area (Å²) < 4.78 is 0. The quantitative estimate of drug-likeness (QED) is 0.258. The second-order valence-corrected chi connectivity index (χ2v) is 10.9. The van der Waals surface area contributed by atoms with Gasteiger partial charge in [-0.1, -0.05) is 117 Å². The van der Waals surface area contributed by atoms with Crippen molar-refractivity contribution in [1.82, 2.24) is 0 Å². The van der Waals surface area contributed by atoms with E-state index in [-0.39, 0.29) is 66.3 Å². The van der Waals surface area contributed by atoms with E-state index in [2.05, 4.69) is 0 Å². The van der Waals surface area contributed by atoms with E-state index in [0.717, 1.165) is 0 Å². The van der Waals surface area contributed by atoms with Crippen molar-refractivity contribution in [1.29, 1.82) is 0 Å². The van der Waals surface area contributed by atoms with Crippen molar-refractivity contribution in [3.63, 3.8) is 0 Å². The fraction of sp³-hybridized carbons (Fsp3) is 0. The molecule has 17 heteroatoms. The third kappa shape index (κ3) is 15.3. The number of carbonyl (C=O) groups excluding carboxylic acids is 4. The monoisotopic (exact) mass is 876 g/mol. The summed E-state index contributed by atoms with van der Waals surface area (Å²) in [7, 11) is 0. The molecular weight excluding hydrogens is 867 g/mol. The molecule has 8 nitrogen and oxygen atoms in total. The molecule has 0 amide bonds. The summed E-state index contributed by atoms with van der Waals surface area (Å²) >= 11 is 44.3. The minimum atomic E-state index is -1.26. The number of carboxylic acid groups (broad SMARTS) is 4. The normalized spacial score (nSPS) is 9.42. The zero-order chi connectivity index (χ0) is 33.7. The SMILES string of the molecule is O=C([O-])c1ccc(Cl)c(Cl)c1.O=C([O-])c1ccc(Cl)c(Cl)c1.O=C([O-])c1ccc(Cl)c(Cl)c1.O=C([O-])c1ccc(Cl)c(Cl)c1.[Sn+4]. The van der Waals surface area contributed by atoms with Crippen molar-refractivity contribution in [2.75, 3.05) is 0 Å². The summed E-state index contributed by atoms with van der Waals surface area (Å²) in [5.41, 5.74) is 0.109. The largest absolute Gasteiger partial charge is 4.00 e. The van der Waals surface area contributed by atoms with Crippen molar-refractivity contribution in [3.05, 3.63) is 135 Å². The van der Waals surface area contributed by atoms with Crippen LogP contribution in [0.15, 0.2) is 72.8 Å². The van der Waals surface area contributed by atoms with Crippen molar-refractivity contribution in [2.24, 2.45) is 0 Å². The number of carboxylic acids is 4. The van der Waals surface area contributed by atoms with E-state index in [1.165, 1.54) is 72.8 Å². The molecule has 0 unspecified atom stereocenters. The molecule has 0 fully saturated rings. The Morgan fingerprint density at radius 2 is 0.489 bits per heavy atom. The zero-order valence-corrected chi connectivity index (χ0v) is 30.6. The summed E-state index contributed by atoms with van der Waals surface area (Å²) in [5, 5.41) is 43.2. The van der Waals surface area contributed by atoms with Crippen LogP contribution in [0.5, 0.6) is 0 Å². The van der Waals surface area contributed by atoms with Crippen LogP contribution in [0.2, 0.25) is 40.2 Å². The molecule has 4 rings (SSSR count). The van der Waals surface area contributed by atoms with Crippen molar-refractivity contribution < 1.29 is 39.6 Å². The average Bonchev–Trinajstić information content (AvgIpc) is 2.95. The Morgan fingerprint density at radius 1 is 0.333 bits per heavy atom. The first-order chi connectivity index (χ1) is 20.4. The molecule has 0 saturated carbocycles. The Hall–Kier alpha value is -2.12. The van der Waals surface area contributed by atoms with Crippen LogP contribution in [-0.4, -0.2) is 47.8 Å². The van der Waals surface area contributed by atoms with Gasteiger partial charge in [0.05, 0.1) is 64.1 Å². The van der Waals surface area contributed by atoms with Crippen molar-refractivity contribution >= 4 is 141 Å². The van der Waals surface area contributed by atoms with Gasteiger partial charge in [-0.25, -0.2) is 0 Å². The second-order valence-electron chi connectivity index (χ2n) is 7.67. The molecule has 4 aromatic carbocycles. The molecule has 0 bridgehead atoms. The van der Waals surface area contributed by atoms with E-state index < -0.39 is 23.9 Å². The van der Waals surface area contributed by atoms with E-state index in [0.29, 0.717) is 20.1 Å². The number of aromatic carboxylic acids is 4. The van der Waals surface area contributed by atoms with Crippen LogP contribution in [0.3, 0.4) is 0 Å². The third-order valence-corrected chi connectivity index (χ3v) is 7.58. The molecule has 232 valence electrons. The van der Waals surface area contributed by atoms with E-state index in [9.17, 15) is 39.6 Å². The van der Waals surface area contributed by atoms with Gasteiger partial charge < -0.3 is 39.6 Å². The van der Waals surface area contributed by atoms with E-state index in [1.54, 1.807) is 0 Å². The van der Waals surface area contributed by atoms with E-state index in [1.807, 2.05) is 0 Å². The molecule has 0 heterocycles. The molecule has 0 N–H and O–H groups in total. The van der Waals surface area contributed by atoms with Gasteiger partial charge in [0.25, 0.3) is 0 Å². The number of benzene rings is 4. The summed E-state index contributed by atoms with van der Waals surface area (Å²) in [6.45, 7) is 0. The minimum absolute atomic E-state index is 0. The number of hydrogen-bond donors (Lipinski definition) is 0. The standard InChI is InChI=1S/4C7H4Cl2O2.Sn/c4*8-5-2-1-4(7(10)11)3-6(5)9;/h4*1-3H,(H,10,11);/q;;;;+4/p-4. The number of rotatable bonds is 4. The molecule has 45 heavy (non-hydrogen) atoms. The smallest absolute Gasteiger partial charge is 0.545 e. The summed E-state index contributed by atoms with van der Waals surface area (Å²) in [6, 6.07) is 16.0. The molecule has 4 aromatic rings. The van der Waals surface area contributed by atoms with Crippen LogP contribution in [0.4, 0.5) is 0 Å². The molecule has 0 spiro atoms. The molecule has 0 saturated heterocycles. The molecule has 0 radical (unpaired) electrons. The maximum atomic E-state index is 10.3. The molecule has 0 aliphatic carbocycles. The fourth-order valence-corrected chi connectivity index (χ4v) is 3.68. The van der Waals surface area contributed by atoms with Gasteiger partial charge in [-0.2, -0.15) is 0 Å². The second kappa shape index (κ2) is 20.9. The molecule has 0 atom stereocenters. The predicted molar refractivity (Wildman–Crippen MR) is 169 cm³/mol. The molecule has 0 aromatic heterocycles. The van der Waals surface area contributed by atoms with Crippen LogP contribution in [0, 0.1) is 0 Å². The van der Waals surface area contributed by atoms with Gasteiger partial charge in [0.15, 0.2) is 0 Å². The van der Waals surface area contributed by atoms with Crippen molar-refractivity contribution in [2.45, 2.75) is 0 Å². The first-order valence-electron chi connectivity index (χ1n) is 11.1. The Balaban J connectivity index is 0.000000569. The van der Waals surface area contributed by atoms with Gasteiger partial charge in [-0.05, 0) is 70.8 Å². The number of hydrogen-bond acceptors (Lipinski definition) is 8. The molecule has 0 aliphatic rings. The minimum Gasteiger partial charge on any atom is -0.545 e. The summed E-state index contributed by atoms with van der Waals surface area (Å²) in [5.74, 6) is -5.04. The van der Waals surface area contributed by atoms with Crippen LogP contribution in [0.25, 0.3) is 0 Å². The van der Waals surface area contributed by atoms with Crippen molar-refractivity contribution in [3.8, 4) is 0 Å². The van der Waals surface area contributed by atoms with Gasteiger partial charge in [-0.15, -0.1) is 0 Å². The Kier molecular flexibility index (Phi) is 19.9. The summed E-state index contributed by atoms with van der Waals surface area (Å²) in [4.78, 5) is 41.0. The summed E-state index contributed by atoms with van der Waals surface area (Å²) in [6.07, 6.45) is 0. The number of carbonyl (C=O) groups is 4. The van der Waals surface area contributed by atoms with Gasteiger partial charge in [0, 0.05) is 0 Å². The number of halogens is 8. The van der Waals surface area contributed by atoms with E-state index >= 15 is 0 Å². The van der Waals surface area contributed by atoms with Crippen LogP contribution >= 0.6 is 92.8 Å². The fourth-order valence-electron chi connectivity index (χ4n) is 2.49. The average molecular weight is 879 g/mol. The Morgan fingerprint density at radius 3 is 0.600 bits per heavy atom. The van der Waals surface area contributed by atoms with Crippen LogP contribution in [-0.2, 0) is 0 Å². The maximum Gasteiger partial charge on any atom is 4.00 e. The molecular formula is C28H12Cl8O8Sn. The van der Waals surface area contributed by atoms with Gasteiger partial charge in [0.1, 0.15) is 0 Å². The van der Waals surface area contributed by atoms with Crippen LogP contribution in [0.1, 0.15) is 41.4 Å². The van der Waals surface area contributed by atoms with Gasteiger partial charge >= 0.3 is 23.9 Å². The first kappa shape index (κ1) is 42.9.